The first-order chi connectivity index (χ1) is 18.4. The minimum atomic E-state index is -2.61. The van der Waals surface area contributed by atoms with Crippen molar-refractivity contribution in [1.29, 1.82) is 0 Å². The second kappa shape index (κ2) is 12.2. The van der Waals surface area contributed by atoms with Gasteiger partial charge in [-0.05, 0) is 37.6 Å². The van der Waals surface area contributed by atoms with E-state index in [0.717, 1.165) is 11.3 Å². The molecule has 0 saturated carbocycles. The predicted molar refractivity (Wildman–Crippen MR) is 138 cm³/mol. The first-order valence-electron chi connectivity index (χ1n) is 11.6. The molecule has 0 aliphatic heterocycles. The molecule has 200 valence electrons. The number of nitrogens with zero attached hydrogens (tertiary/aromatic N) is 6. The van der Waals surface area contributed by atoms with Crippen LogP contribution in [0.1, 0.15) is 28.9 Å². The highest BCUT2D eigenvalue weighted by Gasteiger charge is 2.30. The third-order valence-electron chi connectivity index (χ3n) is 5.85. The minimum absolute atomic E-state index is 0.0789. The molecule has 0 radical (unpaired) electrons. The van der Waals surface area contributed by atoms with Gasteiger partial charge in [-0.25, -0.2) is 4.72 Å². The summed E-state index contributed by atoms with van der Waals surface area (Å²) in [7, 11) is 4.59. The van der Waals surface area contributed by atoms with Crippen LogP contribution in [0.15, 0.2) is 49.1 Å². The predicted octanol–water partition coefficient (Wildman–Crippen LogP) is 2.44. The smallest absolute Gasteiger partial charge is 0.170 e. The van der Waals surface area contributed by atoms with Crippen molar-refractivity contribution >= 4 is 11.3 Å². The summed E-state index contributed by atoms with van der Waals surface area (Å²) in [5.74, 6) is 1.92. The Hall–Kier alpha value is -3.78. The highest BCUT2D eigenvalue weighted by molar-refractivity contribution is 7.77. The van der Waals surface area contributed by atoms with Gasteiger partial charge in [0.05, 0.1) is 37.8 Å². The van der Waals surface area contributed by atoms with E-state index in [1.165, 1.54) is 7.11 Å². The van der Waals surface area contributed by atoms with Crippen molar-refractivity contribution in [2.75, 3.05) is 21.3 Å². The van der Waals surface area contributed by atoms with Gasteiger partial charge in [0, 0.05) is 49.0 Å². The van der Waals surface area contributed by atoms with E-state index in [1.807, 2.05) is 19.9 Å². The van der Waals surface area contributed by atoms with Crippen LogP contribution in [-0.4, -0.2) is 65.8 Å². The van der Waals surface area contributed by atoms with Gasteiger partial charge in [0.2, 0.25) is 0 Å². The van der Waals surface area contributed by atoms with Crippen molar-refractivity contribution in [3.63, 3.8) is 0 Å². The molecule has 38 heavy (non-hydrogen) atoms. The molecule has 12 nitrogen and oxygen atoms in total. The van der Waals surface area contributed by atoms with E-state index in [-0.39, 0.29) is 6.42 Å². The van der Waals surface area contributed by atoms with Crippen molar-refractivity contribution in [2.45, 2.75) is 32.4 Å². The maximum absolute atomic E-state index is 11.8. The third-order valence-corrected chi connectivity index (χ3v) is 6.35. The Kier molecular flexibility index (Phi) is 8.73. The Morgan fingerprint density at radius 1 is 1.03 bits per heavy atom. The molecule has 4 aromatic rings. The van der Waals surface area contributed by atoms with E-state index in [0.29, 0.717) is 40.1 Å². The fourth-order valence-electron chi connectivity index (χ4n) is 4.17. The van der Waals surface area contributed by atoms with Gasteiger partial charge in [-0.2, -0.15) is 0 Å². The van der Waals surface area contributed by atoms with E-state index in [2.05, 4.69) is 29.9 Å². The molecular formula is C25H28N7O5S-. The van der Waals surface area contributed by atoms with Crippen molar-refractivity contribution in [3.05, 3.63) is 71.8 Å². The van der Waals surface area contributed by atoms with Gasteiger partial charge in [0.1, 0.15) is 29.1 Å². The van der Waals surface area contributed by atoms with Crippen LogP contribution in [0.2, 0.25) is 0 Å². The summed E-state index contributed by atoms with van der Waals surface area (Å²) in [4.78, 5) is 13.0. The van der Waals surface area contributed by atoms with E-state index in [4.69, 9.17) is 14.2 Å². The minimum Gasteiger partial charge on any atom is -0.760 e. The number of methoxy groups -OCH3 is 3. The Morgan fingerprint density at radius 2 is 1.76 bits per heavy atom. The van der Waals surface area contributed by atoms with Crippen molar-refractivity contribution in [1.82, 2.24) is 34.4 Å². The topological polar surface area (TPSA) is 149 Å². The summed E-state index contributed by atoms with van der Waals surface area (Å²) in [6.45, 7) is 3.74. The number of benzene rings is 1. The summed E-state index contributed by atoms with van der Waals surface area (Å²) in [6.07, 6.45) is 5.89. The number of aromatic nitrogens is 6. The summed E-state index contributed by atoms with van der Waals surface area (Å²) < 4.78 is 45.0. The van der Waals surface area contributed by atoms with Gasteiger partial charge >= 0.3 is 0 Å². The highest BCUT2D eigenvalue weighted by Crippen LogP contribution is 2.37. The summed E-state index contributed by atoms with van der Waals surface area (Å²) in [5.41, 5.74) is 3.38. The van der Waals surface area contributed by atoms with Crippen LogP contribution in [0.4, 0.5) is 0 Å². The molecule has 1 N–H and O–H groups in total. The lowest BCUT2D eigenvalue weighted by atomic mass is 10.0. The van der Waals surface area contributed by atoms with Crippen LogP contribution < -0.4 is 14.2 Å². The number of para-hydroxylation sites is 1. The summed E-state index contributed by atoms with van der Waals surface area (Å²) in [5, 5.41) is 8.93. The van der Waals surface area contributed by atoms with Gasteiger partial charge in [0.15, 0.2) is 5.82 Å². The van der Waals surface area contributed by atoms with E-state index in [9.17, 15) is 8.76 Å². The zero-order valence-electron chi connectivity index (χ0n) is 21.6. The molecule has 0 bridgehead atoms. The highest BCUT2D eigenvalue weighted by atomic mass is 32.2. The lowest BCUT2D eigenvalue weighted by Crippen LogP contribution is -2.39. The molecule has 1 aromatic carbocycles. The number of hydrogen-bond donors (Lipinski definition) is 1. The van der Waals surface area contributed by atoms with E-state index >= 15 is 0 Å². The van der Waals surface area contributed by atoms with Gasteiger partial charge in [0.25, 0.3) is 0 Å². The summed E-state index contributed by atoms with van der Waals surface area (Å²) in [6, 6.07) is 6.52. The molecule has 3 atom stereocenters. The van der Waals surface area contributed by atoms with Crippen LogP contribution in [0.25, 0.3) is 17.1 Å². The average Bonchev–Trinajstić information content (AvgIpc) is 3.32. The van der Waals surface area contributed by atoms with Crippen molar-refractivity contribution < 1.29 is 23.0 Å². The second-order valence-electron chi connectivity index (χ2n) is 8.44. The Bertz CT molecular complexity index is 1390. The summed E-state index contributed by atoms with van der Waals surface area (Å²) >= 11 is -2.61. The number of ether oxygens (including phenoxy) is 3. The molecule has 0 aliphatic carbocycles. The maximum Gasteiger partial charge on any atom is 0.170 e. The Balaban J connectivity index is 1.89. The molecule has 1 unspecified atom stereocenters. The molecule has 0 saturated heterocycles. The normalized spacial score (nSPS) is 13.6. The molecule has 0 aliphatic rings. The fraction of sp³-hybridized carbons (Fsp3) is 0.320. The lowest BCUT2D eigenvalue weighted by molar-refractivity contribution is 0.0704. The molecule has 0 spiro atoms. The van der Waals surface area contributed by atoms with Crippen molar-refractivity contribution in [3.8, 4) is 28.6 Å². The Morgan fingerprint density at radius 3 is 2.34 bits per heavy atom. The molecule has 13 heteroatoms. The molecule has 4 rings (SSSR count). The van der Waals surface area contributed by atoms with Gasteiger partial charge in [-0.3, -0.25) is 23.7 Å². The number of aryl methyl sites for hydroxylation is 2. The van der Waals surface area contributed by atoms with Crippen LogP contribution in [0.3, 0.4) is 0 Å². The largest absolute Gasteiger partial charge is 0.760 e. The molecule has 0 amide bonds. The van der Waals surface area contributed by atoms with E-state index < -0.39 is 23.4 Å². The van der Waals surface area contributed by atoms with Gasteiger partial charge in [-0.15, -0.1) is 10.2 Å². The first kappa shape index (κ1) is 27.3. The first-order valence-corrected chi connectivity index (χ1v) is 12.7. The monoisotopic (exact) mass is 538 g/mol. The number of hydrogen-bond acceptors (Lipinski definition) is 10. The number of rotatable bonds is 11. The quantitative estimate of drug-likeness (QED) is 0.282. The zero-order chi connectivity index (χ0) is 27.2. The SMILES string of the molecule is COc1cccc(OC)c1-n1c(C[C@@H](NS(=O)[O-])[C@@H](OC)c2cnc(C)cn2)nnc1-c1cncc(C)c1. The maximum atomic E-state index is 11.8. The van der Waals surface area contributed by atoms with Crippen LogP contribution >= 0.6 is 0 Å². The van der Waals surface area contributed by atoms with Crippen LogP contribution in [0, 0.1) is 13.8 Å². The average molecular weight is 539 g/mol. The van der Waals surface area contributed by atoms with E-state index in [1.54, 1.807) is 61.8 Å². The number of nitrogens with one attached hydrogen (secondary N) is 1. The second-order valence-corrected chi connectivity index (χ2v) is 9.14. The van der Waals surface area contributed by atoms with Crippen molar-refractivity contribution in [2.24, 2.45) is 0 Å². The third kappa shape index (κ3) is 5.86. The molecule has 3 aromatic heterocycles. The van der Waals surface area contributed by atoms with Gasteiger partial charge < -0.3 is 18.8 Å². The standard InChI is InChI=1S/C25H29N7O5S/c1-15-9-17(13-26-11-15)25-30-29-22(32(25)23-20(35-3)7-6-8-21(23)36-4)10-18(31-38(33)34)24(37-5)19-14-27-16(2)12-28-19/h6-9,11-14,18,24,31H,10H2,1-5H3,(H,33,34)/p-1/t18-,24-/m1/s1. The zero-order valence-corrected chi connectivity index (χ0v) is 22.4. The number of pyridine rings is 1. The Labute approximate surface area is 222 Å². The fourth-order valence-corrected chi connectivity index (χ4v) is 4.63. The molecule has 3 heterocycles. The lowest BCUT2D eigenvalue weighted by Gasteiger charge is -2.27. The molecular weight excluding hydrogens is 510 g/mol. The molecule has 0 fully saturated rings. The van der Waals surface area contributed by atoms with Crippen LogP contribution in [0.5, 0.6) is 11.5 Å². The van der Waals surface area contributed by atoms with Crippen LogP contribution in [-0.2, 0) is 22.4 Å². The van der Waals surface area contributed by atoms with Gasteiger partial charge in [-0.1, -0.05) is 6.07 Å².